The Morgan fingerprint density at radius 1 is 0.338 bits per heavy atom. The van der Waals surface area contributed by atoms with Crippen molar-refractivity contribution < 1.29 is 20.9 Å². The van der Waals surface area contributed by atoms with Crippen LogP contribution in [0.4, 0.5) is 0 Å². The van der Waals surface area contributed by atoms with Crippen molar-refractivity contribution in [3.63, 3.8) is 0 Å². The topological polar surface area (TPSA) is 0 Å². The van der Waals surface area contributed by atoms with Crippen LogP contribution in [0.5, 0.6) is 0 Å². The molecular weight excluding hydrogens is 912 g/mol. The molecule has 10 aromatic rings. The number of hydrogen-bond acceptors (Lipinski definition) is 0. The number of fused-ring (bicyclic) bond motifs is 6. The summed E-state index contributed by atoms with van der Waals surface area (Å²) in [6, 6.07) is 74.1. The van der Waals surface area contributed by atoms with Gasteiger partial charge in [-0.25, -0.2) is 0 Å². The fraction of sp³-hybridized carbons (Fsp3) is 0.152. The van der Waals surface area contributed by atoms with Crippen molar-refractivity contribution in [3.8, 4) is 44.5 Å². The van der Waals surface area contributed by atoms with Gasteiger partial charge in [-0.15, -0.1) is 0 Å². The Kier molecular flexibility index (Phi) is 11.4. The van der Waals surface area contributed by atoms with Gasteiger partial charge in [-0.2, -0.15) is 0 Å². The van der Waals surface area contributed by atoms with Crippen molar-refractivity contribution in [2.24, 2.45) is 0 Å². The van der Waals surface area contributed by atoms with Crippen LogP contribution in [0.15, 0.2) is 205 Å². The average molecular weight is 969 g/mol. The third kappa shape index (κ3) is 7.18. The zero-order chi connectivity index (χ0) is 45.9. The summed E-state index contributed by atoms with van der Waals surface area (Å²) in [5.41, 5.74) is 20.7. The van der Waals surface area contributed by atoms with Crippen LogP contribution >= 0.6 is 0 Å². The Morgan fingerprint density at radius 2 is 0.632 bits per heavy atom. The molecule has 2 atom stereocenters. The predicted molar refractivity (Wildman–Crippen MR) is 295 cm³/mol. The molecule has 12 rings (SSSR count). The Labute approximate surface area is 411 Å². The molecule has 0 aliphatic heterocycles. The minimum atomic E-state index is -2.75. The van der Waals surface area contributed by atoms with E-state index in [2.05, 4.69) is 233 Å². The standard InChI is InChI=1S/2C32H25.C2H7Si.Zr/c2*1-2-9-22-20-31-29(27-16-7-12-23-10-3-5-14-25(23)27)18-19-30(32(31)21-22)28-17-8-13-24-11-4-6-15-26(24)28;1-3-2;/h2*3-8,10-21H,2,9H2,1H3;3H,1-2H3;. The molecule has 10 aromatic carbocycles. The maximum atomic E-state index is 2.76. The molecule has 0 saturated heterocycles. The zero-order valence-electron chi connectivity index (χ0n) is 39.7. The SMILES string of the molecule is CCCC1=Cc2c(-c3cccc4ccccc34)ccc(-c3cccc4ccccc34)c2[CH]1[Zr]([CH]1C(CCC)=Cc2c(-c3cccc4ccccc34)ccc(-c3cccc4ccccc34)c21)[SiH](C)C. The predicted octanol–water partition coefficient (Wildman–Crippen LogP) is 18.7. The van der Waals surface area contributed by atoms with Crippen LogP contribution in [0.1, 0.15) is 69.0 Å². The van der Waals surface area contributed by atoms with Gasteiger partial charge in [0.15, 0.2) is 0 Å². The molecule has 2 aliphatic rings. The summed E-state index contributed by atoms with van der Waals surface area (Å²) < 4.78 is 0.918. The molecule has 0 heterocycles. The molecule has 0 radical (unpaired) electrons. The first-order valence-corrected chi connectivity index (χ1v) is 35.0. The molecule has 0 N–H and O–H groups in total. The van der Waals surface area contributed by atoms with Crippen molar-refractivity contribution >= 4 is 61.2 Å². The Hall–Kier alpha value is -6.18. The van der Waals surface area contributed by atoms with Crippen LogP contribution in [0.3, 0.4) is 0 Å². The quantitative estimate of drug-likeness (QED) is 0.113. The molecule has 68 heavy (non-hydrogen) atoms. The van der Waals surface area contributed by atoms with E-state index in [0.717, 1.165) is 25.7 Å². The Bertz CT molecular complexity index is 3400. The van der Waals surface area contributed by atoms with Crippen LogP contribution < -0.4 is 0 Å². The summed E-state index contributed by atoms with van der Waals surface area (Å²) in [5.74, 6) is -1.31. The molecule has 0 fully saturated rings. The normalized spacial score (nSPS) is 15.3. The average Bonchev–Trinajstić information content (AvgIpc) is 3.94. The van der Waals surface area contributed by atoms with Crippen molar-refractivity contribution in [2.75, 3.05) is 0 Å². The molecular formula is C66H57SiZr. The van der Waals surface area contributed by atoms with Crippen molar-refractivity contribution in [3.05, 3.63) is 228 Å². The van der Waals surface area contributed by atoms with Crippen LogP contribution in [0.2, 0.25) is 13.1 Å². The van der Waals surface area contributed by atoms with Gasteiger partial charge in [0.2, 0.25) is 0 Å². The second-order valence-corrected chi connectivity index (χ2v) is 39.6. The number of allylic oxidation sites excluding steroid dienone is 2. The molecule has 0 nitrogen and oxygen atoms in total. The second kappa shape index (κ2) is 18.0. The van der Waals surface area contributed by atoms with Crippen molar-refractivity contribution in [1.82, 2.24) is 0 Å². The van der Waals surface area contributed by atoms with E-state index in [4.69, 9.17) is 0 Å². The fourth-order valence-corrected chi connectivity index (χ4v) is 35.4. The van der Waals surface area contributed by atoms with Crippen molar-refractivity contribution in [2.45, 2.75) is 59.9 Å². The van der Waals surface area contributed by atoms with Crippen LogP contribution in [0.25, 0.3) is 99.7 Å². The Morgan fingerprint density at radius 3 is 0.956 bits per heavy atom. The van der Waals surface area contributed by atoms with Gasteiger partial charge in [0.05, 0.1) is 0 Å². The summed E-state index contributed by atoms with van der Waals surface area (Å²) in [4.78, 5) is 0. The van der Waals surface area contributed by atoms with E-state index in [9.17, 15) is 0 Å². The molecule has 0 saturated carbocycles. The number of benzene rings is 10. The van der Waals surface area contributed by atoms with E-state index < -0.39 is 26.8 Å². The number of rotatable bonds is 11. The third-order valence-corrected chi connectivity index (χ3v) is 36.9. The van der Waals surface area contributed by atoms with Gasteiger partial charge in [0, 0.05) is 0 Å². The minimum absolute atomic E-state index is 0.459. The molecule has 2 unspecified atom stereocenters. The maximum absolute atomic E-state index is 2.76. The van der Waals surface area contributed by atoms with Gasteiger partial charge in [0.1, 0.15) is 0 Å². The first kappa shape index (κ1) is 43.1. The summed E-state index contributed by atoms with van der Waals surface area (Å²) in [5, 5.41) is 10.6. The molecule has 0 aromatic heterocycles. The van der Waals surface area contributed by atoms with Gasteiger partial charge >= 0.3 is 414 Å². The fourth-order valence-electron chi connectivity index (χ4n) is 12.5. The van der Waals surface area contributed by atoms with Crippen LogP contribution in [0, 0.1) is 0 Å². The van der Waals surface area contributed by atoms with E-state index in [0.29, 0.717) is 7.25 Å². The zero-order valence-corrected chi connectivity index (χ0v) is 43.3. The van der Waals surface area contributed by atoms with Crippen molar-refractivity contribution in [1.29, 1.82) is 0 Å². The number of hydrogen-bond donors (Lipinski definition) is 0. The van der Waals surface area contributed by atoms with Crippen LogP contribution in [-0.4, -0.2) is 5.92 Å². The molecule has 2 aliphatic carbocycles. The summed E-state index contributed by atoms with van der Waals surface area (Å²) in [6.45, 7) is 10.3. The van der Waals surface area contributed by atoms with Gasteiger partial charge < -0.3 is 0 Å². The van der Waals surface area contributed by atoms with E-state index in [1.165, 1.54) is 98.7 Å². The van der Waals surface area contributed by atoms with Crippen LogP contribution in [-0.2, 0) is 20.9 Å². The van der Waals surface area contributed by atoms with Gasteiger partial charge in [-0.3, -0.25) is 0 Å². The molecule has 329 valence electrons. The molecule has 0 amide bonds. The molecule has 0 bridgehead atoms. The summed E-state index contributed by atoms with van der Waals surface area (Å²) >= 11 is -2.75. The van der Waals surface area contributed by atoms with Gasteiger partial charge in [-0.1, -0.05) is 0 Å². The van der Waals surface area contributed by atoms with E-state index in [1.807, 2.05) is 0 Å². The monoisotopic (exact) mass is 967 g/mol. The molecule has 2 heteroatoms. The Balaban J connectivity index is 1.17. The van der Waals surface area contributed by atoms with E-state index in [-0.39, 0.29) is 0 Å². The van der Waals surface area contributed by atoms with E-state index >= 15 is 0 Å². The first-order chi connectivity index (χ1) is 33.5. The first-order valence-electron chi connectivity index (χ1n) is 25.1. The van der Waals surface area contributed by atoms with Gasteiger partial charge in [0.25, 0.3) is 0 Å². The summed E-state index contributed by atoms with van der Waals surface area (Å²) in [7, 11) is 0. The molecule has 0 spiro atoms. The van der Waals surface area contributed by atoms with Gasteiger partial charge in [-0.05, 0) is 0 Å². The summed E-state index contributed by atoms with van der Waals surface area (Å²) in [6.07, 6.45) is 10.0. The second-order valence-electron chi connectivity index (χ2n) is 19.5. The third-order valence-electron chi connectivity index (χ3n) is 15.3. The van der Waals surface area contributed by atoms with E-state index in [1.54, 1.807) is 22.3 Å².